The Kier molecular flexibility index (Phi) is 5.59. The highest BCUT2D eigenvalue weighted by atomic mass is 19.1. The number of amides is 1. The van der Waals surface area contributed by atoms with Gasteiger partial charge in [-0.3, -0.25) is 4.79 Å². The fourth-order valence-corrected chi connectivity index (χ4v) is 4.17. The minimum absolute atomic E-state index is 0.104. The van der Waals surface area contributed by atoms with Crippen LogP contribution in [0.1, 0.15) is 35.6 Å². The van der Waals surface area contributed by atoms with Crippen LogP contribution in [0.2, 0.25) is 0 Å². The van der Waals surface area contributed by atoms with E-state index in [1.165, 1.54) is 12.3 Å². The van der Waals surface area contributed by atoms with E-state index in [1.807, 2.05) is 49.9 Å². The summed E-state index contributed by atoms with van der Waals surface area (Å²) in [7, 11) is 0. The standard InChI is InChI=1S/C22H25FN2O2/c1-14-8-17(12-24-27)9-15(2)21(14)25-13-18(10-16(3)22(25)26)11-19-6-4-5-7-20(19)23/h4-9,12,16,18,27H,10-11,13H2,1-3H3/t16-,18-/m1/s1. The van der Waals surface area contributed by atoms with Crippen molar-refractivity contribution >= 4 is 17.8 Å². The van der Waals surface area contributed by atoms with Crippen LogP contribution in [0, 0.1) is 31.5 Å². The molecule has 0 bridgehead atoms. The van der Waals surface area contributed by atoms with E-state index in [9.17, 15) is 9.18 Å². The summed E-state index contributed by atoms with van der Waals surface area (Å²) in [6.07, 6.45) is 2.76. The molecule has 1 saturated heterocycles. The average Bonchev–Trinajstić information content (AvgIpc) is 2.60. The Bertz CT molecular complexity index is 855. The van der Waals surface area contributed by atoms with Gasteiger partial charge in [-0.15, -0.1) is 0 Å². The number of aryl methyl sites for hydroxylation is 2. The van der Waals surface area contributed by atoms with Crippen molar-refractivity contribution in [2.24, 2.45) is 17.0 Å². The molecular formula is C22H25FN2O2. The molecule has 2 aromatic rings. The van der Waals surface area contributed by atoms with E-state index in [0.717, 1.165) is 28.8 Å². The highest BCUT2D eigenvalue weighted by molar-refractivity contribution is 5.97. The van der Waals surface area contributed by atoms with Gasteiger partial charge in [0.05, 0.1) is 6.21 Å². The van der Waals surface area contributed by atoms with Crippen LogP contribution in [0.15, 0.2) is 41.6 Å². The summed E-state index contributed by atoms with van der Waals surface area (Å²) in [5.74, 6) is 0.0169. The van der Waals surface area contributed by atoms with Gasteiger partial charge >= 0.3 is 0 Å². The van der Waals surface area contributed by atoms with Crippen molar-refractivity contribution in [2.75, 3.05) is 11.4 Å². The molecule has 1 amide bonds. The van der Waals surface area contributed by atoms with Crippen LogP contribution in [0.25, 0.3) is 0 Å². The number of anilines is 1. The first-order valence-corrected chi connectivity index (χ1v) is 9.24. The predicted octanol–water partition coefficient (Wildman–Crippen LogP) is 4.48. The van der Waals surface area contributed by atoms with Gasteiger partial charge in [-0.1, -0.05) is 30.3 Å². The second-order valence-corrected chi connectivity index (χ2v) is 7.50. The molecule has 4 nitrogen and oxygen atoms in total. The van der Waals surface area contributed by atoms with Crippen LogP contribution in [0.5, 0.6) is 0 Å². The summed E-state index contributed by atoms with van der Waals surface area (Å²) in [4.78, 5) is 14.7. The number of rotatable bonds is 4. The molecule has 2 atom stereocenters. The van der Waals surface area contributed by atoms with Gasteiger partial charge in [0.15, 0.2) is 0 Å². The summed E-state index contributed by atoms with van der Waals surface area (Å²) < 4.78 is 14.1. The van der Waals surface area contributed by atoms with E-state index in [4.69, 9.17) is 5.21 Å². The zero-order valence-corrected chi connectivity index (χ0v) is 15.9. The first kappa shape index (κ1) is 19.1. The molecule has 1 aliphatic rings. The number of oxime groups is 1. The average molecular weight is 368 g/mol. The fraction of sp³-hybridized carbons (Fsp3) is 0.364. The Balaban J connectivity index is 1.90. The minimum Gasteiger partial charge on any atom is -0.411 e. The maximum Gasteiger partial charge on any atom is 0.229 e. The molecule has 1 fully saturated rings. The smallest absolute Gasteiger partial charge is 0.229 e. The number of carbonyl (C=O) groups excluding carboxylic acids is 1. The van der Waals surface area contributed by atoms with Crippen molar-refractivity contribution in [1.82, 2.24) is 0 Å². The molecule has 2 aromatic carbocycles. The lowest BCUT2D eigenvalue weighted by Crippen LogP contribution is -2.46. The lowest BCUT2D eigenvalue weighted by atomic mass is 9.84. The van der Waals surface area contributed by atoms with Gasteiger partial charge in [0, 0.05) is 18.2 Å². The molecule has 3 rings (SSSR count). The van der Waals surface area contributed by atoms with Crippen molar-refractivity contribution in [1.29, 1.82) is 0 Å². The normalized spacial score (nSPS) is 20.4. The number of carbonyl (C=O) groups is 1. The maximum absolute atomic E-state index is 14.1. The minimum atomic E-state index is -0.186. The van der Waals surface area contributed by atoms with Gasteiger partial charge in [-0.2, -0.15) is 0 Å². The van der Waals surface area contributed by atoms with Crippen molar-refractivity contribution in [3.05, 3.63) is 64.5 Å². The summed E-state index contributed by atoms with van der Waals surface area (Å²) in [6, 6.07) is 10.7. The third-order valence-corrected chi connectivity index (χ3v) is 5.27. The molecule has 0 spiro atoms. The molecule has 0 saturated carbocycles. The van der Waals surface area contributed by atoms with E-state index >= 15 is 0 Å². The third-order valence-electron chi connectivity index (χ3n) is 5.27. The Morgan fingerprint density at radius 3 is 2.56 bits per heavy atom. The van der Waals surface area contributed by atoms with Crippen molar-refractivity contribution in [2.45, 2.75) is 33.6 Å². The van der Waals surface area contributed by atoms with Gasteiger partial charge in [0.1, 0.15) is 5.82 Å². The first-order valence-electron chi connectivity index (χ1n) is 9.24. The van der Waals surface area contributed by atoms with Crippen molar-refractivity contribution in [3.8, 4) is 0 Å². The molecule has 0 aromatic heterocycles. The number of hydrogen-bond acceptors (Lipinski definition) is 3. The van der Waals surface area contributed by atoms with Crippen LogP contribution in [0.3, 0.4) is 0 Å². The van der Waals surface area contributed by atoms with E-state index in [1.54, 1.807) is 6.07 Å². The highest BCUT2D eigenvalue weighted by Crippen LogP contribution is 2.34. The van der Waals surface area contributed by atoms with Crippen LogP contribution in [0.4, 0.5) is 10.1 Å². The Hall–Kier alpha value is -2.69. The van der Waals surface area contributed by atoms with Gasteiger partial charge in [0.2, 0.25) is 5.91 Å². The number of piperidine rings is 1. The predicted molar refractivity (Wildman–Crippen MR) is 105 cm³/mol. The van der Waals surface area contributed by atoms with E-state index in [-0.39, 0.29) is 23.6 Å². The van der Waals surface area contributed by atoms with E-state index in [0.29, 0.717) is 18.5 Å². The summed E-state index contributed by atoms with van der Waals surface area (Å²) in [5.41, 5.74) is 4.30. The zero-order valence-electron chi connectivity index (χ0n) is 15.9. The quantitative estimate of drug-likeness (QED) is 0.491. The lowest BCUT2D eigenvalue weighted by molar-refractivity contribution is -0.124. The third kappa shape index (κ3) is 4.02. The Morgan fingerprint density at radius 2 is 1.93 bits per heavy atom. The molecule has 1 heterocycles. The number of nitrogens with zero attached hydrogens (tertiary/aromatic N) is 2. The lowest BCUT2D eigenvalue weighted by Gasteiger charge is -2.38. The molecule has 5 heteroatoms. The largest absolute Gasteiger partial charge is 0.411 e. The highest BCUT2D eigenvalue weighted by Gasteiger charge is 2.34. The summed E-state index contributed by atoms with van der Waals surface area (Å²) in [5, 5.41) is 11.9. The molecule has 1 N–H and O–H groups in total. The number of hydrogen-bond donors (Lipinski definition) is 1. The zero-order chi connectivity index (χ0) is 19.6. The molecule has 27 heavy (non-hydrogen) atoms. The van der Waals surface area contributed by atoms with Gasteiger partial charge in [0.25, 0.3) is 0 Å². The Morgan fingerprint density at radius 1 is 1.26 bits per heavy atom. The summed E-state index contributed by atoms with van der Waals surface area (Å²) in [6.45, 7) is 6.43. The first-order chi connectivity index (χ1) is 12.9. The molecule has 0 aliphatic carbocycles. The Labute approximate surface area is 159 Å². The molecule has 142 valence electrons. The second kappa shape index (κ2) is 7.91. The monoisotopic (exact) mass is 368 g/mol. The molecular weight excluding hydrogens is 343 g/mol. The van der Waals surface area contributed by atoms with Crippen LogP contribution in [-0.4, -0.2) is 23.9 Å². The summed E-state index contributed by atoms with van der Waals surface area (Å²) >= 11 is 0. The van der Waals surface area contributed by atoms with E-state index < -0.39 is 0 Å². The molecule has 1 aliphatic heterocycles. The number of benzene rings is 2. The van der Waals surface area contributed by atoms with Crippen LogP contribution >= 0.6 is 0 Å². The van der Waals surface area contributed by atoms with Crippen molar-refractivity contribution < 1.29 is 14.4 Å². The van der Waals surface area contributed by atoms with E-state index in [2.05, 4.69) is 5.16 Å². The topological polar surface area (TPSA) is 52.9 Å². The SMILES string of the molecule is Cc1cc(C=NO)cc(C)c1N1C[C@@H](Cc2ccccc2F)C[C@@H](C)C1=O. The second-order valence-electron chi connectivity index (χ2n) is 7.50. The fourth-order valence-electron chi connectivity index (χ4n) is 4.17. The van der Waals surface area contributed by atoms with Gasteiger partial charge < -0.3 is 10.1 Å². The van der Waals surface area contributed by atoms with Crippen LogP contribution < -0.4 is 4.90 Å². The molecule has 0 unspecified atom stereocenters. The van der Waals surface area contributed by atoms with Crippen molar-refractivity contribution in [3.63, 3.8) is 0 Å². The van der Waals surface area contributed by atoms with Gasteiger partial charge in [-0.25, -0.2) is 4.39 Å². The van der Waals surface area contributed by atoms with Crippen LogP contribution in [-0.2, 0) is 11.2 Å². The van der Waals surface area contributed by atoms with Gasteiger partial charge in [-0.05, 0) is 73.1 Å². The maximum atomic E-state index is 14.1. The number of halogens is 1. The molecule has 0 radical (unpaired) electrons.